The molecule has 5 N–H and O–H groups in total. The lowest BCUT2D eigenvalue weighted by Gasteiger charge is -2.35. The highest BCUT2D eigenvalue weighted by atomic mass is 35.5. The number of halogens is 1. The van der Waals surface area contributed by atoms with Gasteiger partial charge in [-0.1, -0.05) is 23.7 Å². The maximum Gasteiger partial charge on any atom is 0.270 e. The fraction of sp³-hybridized carbons (Fsp3) is 0.478. The molecule has 10 nitrogen and oxygen atoms in total. The number of nitrogen functional groups attached to an aromatic ring is 1. The molecule has 0 bridgehead atoms. The minimum atomic E-state index is -0.974. The van der Waals surface area contributed by atoms with E-state index in [0.29, 0.717) is 30.3 Å². The monoisotopic (exact) mass is 522 g/mol. The molecule has 1 fully saturated rings. The number of primary amides is 1. The fourth-order valence-electron chi connectivity index (χ4n) is 3.74. The summed E-state index contributed by atoms with van der Waals surface area (Å²) in [5.41, 5.74) is 11.2. The Morgan fingerprint density at radius 2 is 1.86 bits per heavy atom. The highest BCUT2D eigenvalue weighted by Gasteiger charge is 2.36. The van der Waals surface area contributed by atoms with Crippen LogP contribution in [0, 0.1) is 0 Å². The molecule has 0 radical (unpaired) electrons. The number of morpholine rings is 1. The Balaban J connectivity index is 2.03. The van der Waals surface area contributed by atoms with Crippen LogP contribution in [-0.4, -0.2) is 76.8 Å². The molecule has 1 saturated heterocycles. The second-order valence-corrected chi connectivity index (χ2v) is 10.5. The van der Waals surface area contributed by atoms with Crippen molar-refractivity contribution < 1.29 is 19.1 Å². The number of benzene rings is 1. The van der Waals surface area contributed by atoms with Gasteiger partial charge in [-0.25, -0.2) is 0 Å². The molecule has 0 aliphatic carbocycles. The largest absolute Gasteiger partial charge is 0.395 e. The van der Waals surface area contributed by atoms with E-state index in [-0.39, 0.29) is 28.7 Å². The minimum Gasteiger partial charge on any atom is -0.395 e. The summed E-state index contributed by atoms with van der Waals surface area (Å²) in [6, 6.07) is 5.80. The molecule has 190 valence electrons. The van der Waals surface area contributed by atoms with Gasteiger partial charge in [-0.3, -0.25) is 19.3 Å². The van der Waals surface area contributed by atoms with Crippen LogP contribution < -0.4 is 16.8 Å². The molecule has 0 unspecified atom stereocenters. The summed E-state index contributed by atoms with van der Waals surface area (Å²) in [7, 11) is 0. The zero-order chi connectivity index (χ0) is 25.8. The van der Waals surface area contributed by atoms with E-state index in [9.17, 15) is 14.4 Å². The van der Waals surface area contributed by atoms with Crippen molar-refractivity contribution >= 4 is 46.5 Å². The number of nitrogens with zero attached hydrogens (tertiary/aromatic N) is 3. The lowest BCUT2D eigenvalue weighted by Crippen LogP contribution is -2.51. The Morgan fingerprint density at radius 3 is 2.40 bits per heavy atom. The van der Waals surface area contributed by atoms with E-state index in [0.717, 1.165) is 24.6 Å². The van der Waals surface area contributed by atoms with E-state index in [4.69, 9.17) is 27.8 Å². The van der Waals surface area contributed by atoms with Crippen LogP contribution in [0.25, 0.3) is 0 Å². The third kappa shape index (κ3) is 6.91. The number of hydrogen-bond donors (Lipinski definition) is 3. The Morgan fingerprint density at radius 1 is 1.23 bits per heavy atom. The van der Waals surface area contributed by atoms with Crippen LogP contribution in [0.2, 0.25) is 5.02 Å². The van der Waals surface area contributed by atoms with Gasteiger partial charge in [0.2, 0.25) is 5.91 Å². The van der Waals surface area contributed by atoms with Crippen molar-refractivity contribution in [1.82, 2.24) is 19.5 Å². The van der Waals surface area contributed by atoms with Gasteiger partial charge in [-0.15, -0.1) is 0 Å². The van der Waals surface area contributed by atoms with E-state index in [1.54, 1.807) is 24.3 Å². The van der Waals surface area contributed by atoms with Crippen LogP contribution in [0.5, 0.6) is 0 Å². The summed E-state index contributed by atoms with van der Waals surface area (Å²) < 4.78 is 9.39. The summed E-state index contributed by atoms with van der Waals surface area (Å²) in [6.45, 7) is 8.98. The van der Waals surface area contributed by atoms with E-state index < -0.39 is 23.4 Å². The average molecular weight is 523 g/mol. The summed E-state index contributed by atoms with van der Waals surface area (Å²) in [6.07, 6.45) is 0. The van der Waals surface area contributed by atoms with Crippen molar-refractivity contribution in [3.63, 3.8) is 0 Å². The number of aromatic nitrogens is 1. The molecule has 0 spiro atoms. The predicted octanol–water partition coefficient (Wildman–Crippen LogP) is 1.91. The van der Waals surface area contributed by atoms with Crippen LogP contribution in [0.1, 0.15) is 52.5 Å². The number of amides is 3. The number of nitrogens with two attached hydrogens (primary N) is 2. The van der Waals surface area contributed by atoms with Gasteiger partial charge in [0.05, 0.1) is 18.9 Å². The summed E-state index contributed by atoms with van der Waals surface area (Å²) >= 11 is 6.88. The first-order valence-corrected chi connectivity index (χ1v) is 12.4. The van der Waals surface area contributed by atoms with Crippen LogP contribution in [0.15, 0.2) is 24.3 Å². The minimum absolute atomic E-state index is 0.0586. The molecule has 3 rings (SSSR count). The van der Waals surface area contributed by atoms with Crippen molar-refractivity contribution in [1.29, 1.82) is 0 Å². The van der Waals surface area contributed by atoms with Gasteiger partial charge < -0.3 is 26.4 Å². The van der Waals surface area contributed by atoms with Gasteiger partial charge in [-0.2, -0.15) is 4.37 Å². The Bertz CT molecular complexity index is 1060. The third-order valence-corrected chi connectivity index (χ3v) is 6.52. The second-order valence-electron chi connectivity index (χ2n) is 9.28. The lowest BCUT2D eigenvalue weighted by molar-refractivity contribution is -0.127. The van der Waals surface area contributed by atoms with Gasteiger partial charge in [-0.05, 0) is 50.0 Å². The van der Waals surface area contributed by atoms with Crippen molar-refractivity contribution in [2.45, 2.75) is 32.4 Å². The molecule has 12 heteroatoms. The summed E-state index contributed by atoms with van der Waals surface area (Å²) in [4.78, 5) is 42.8. The van der Waals surface area contributed by atoms with Gasteiger partial charge in [0.25, 0.3) is 11.8 Å². The molecular formula is C23H31ClN6O4S. The Kier molecular flexibility index (Phi) is 8.70. The maximum absolute atomic E-state index is 13.8. The zero-order valence-corrected chi connectivity index (χ0v) is 21.6. The van der Waals surface area contributed by atoms with Crippen LogP contribution in [0.4, 0.5) is 5.69 Å². The molecule has 2 aromatic rings. The standard InChI is InChI=1S/C23H31ClN6O4S/c1-23(2,3)27-21(32)18(14-4-6-15(24)7-5-14)30(9-8-29-10-12-34-13-11-29)22(33)19-16(25)17(20(26)31)28-35-19/h4-7,18H,8-13,25H2,1-3H3,(H2,26,31)(H,27,32)/t18-/m0/s1. The molecule has 1 aromatic heterocycles. The predicted molar refractivity (Wildman–Crippen MR) is 135 cm³/mol. The van der Waals surface area contributed by atoms with Crippen molar-refractivity contribution in [3.8, 4) is 0 Å². The first-order valence-electron chi connectivity index (χ1n) is 11.2. The number of carbonyl (C=O) groups excluding carboxylic acids is 3. The Hall–Kier alpha value is -2.73. The molecule has 1 aliphatic rings. The molecule has 1 aromatic carbocycles. The number of ether oxygens (including phenoxy) is 1. The molecular weight excluding hydrogens is 492 g/mol. The first-order chi connectivity index (χ1) is 16.5. The number of anilines is 1. The van der Waals surface area contributed by atoms with Crippen LogP contribution in [-0.2, 0) is 9.53 Å². The van der Waals surface area contributed by atoms with E-state index in [2.05, 4.69) is 14.6 Å². The number of nitrogens with one attached hydrogen (secondary N) is 1. The molecule has 3 amide bonds. The molecule has 1 aliphatic heterocycles. The smallest absolute Gasteiger partial charge is 0.270 e. The number of rotatable bonds is 8. The molecule has 1 atom stereocenters. The number of hydrogen-bond acceptors (Lipinski definition) is 8. The highest BCUT2D eigenvalue weighted by molar-refractivity contribution is 7.09. The molecule has 2 heterocycles. The van der Waals surface area contributed by atoms with Gasteiger partial charge in [0.1, 0.15) is 10.9 Å². The van der Waals surface area contributed by atoms with E-state index in [1.165, 1.54) is 4.90 Å². The quantitative estimate of drug-likeness (QED) is 0.480. The third-order valence-electron chi connectivity index (χ3n) is 5.42. The van der Waals surface area contributed by atoms with Gasteiger partial charge >= 0.3 is 0 Å². The van der Waals surface area contributed by atoms with E-state index >= 15 is 0 Å². The topological polar surface area (TPSA) is 144 Å². The van der Waals surface area contributed by atoms with Crippen molar-refractivity contribution in [2.24, 2.45) is 5.73 Å². The molecule has 0 saturated carbocycles. The van der Waals surface area contributed by atoms with Crippen LogP contribution in [0.3, 0.4) is 0 Å². The normalized spacial score (nSPS) is 15.4. The second kappa shape index (κ2) is 11.3. The zero-order valence-electron chi connectivity index (χ0n) is 20.0. The van der Waals surface area contributed by atoms with Gasteiger partial charge in [0, 0.05) is 36.7 Å². The van der Waals surface area contributed by atoms with Crippen LogP contribution >= 0.6 is 23.1 Å². The fourth-order valence-corrected chi connectivity index (χ4v) is 4.62. The first kappa shape index (κ1) is 26.9. The Labute approximate surface area is 213 Å². The van der Waals surface area contributed by atoms with Crippen molar-refractivity contribution in [3.05, 3.63) is 45.4 Å². The highest BCUT2D eigenvalue weighted by Crippen LogP contribution is 2.30. The number of carbonyl (C=O) groups is 3. The lowest BCUT2D eigenvalue weighted by atomic mass is 10.0. The summed E-state index contributed by atoms with van der Waals surface area (Å²) in [5, 5.41) is 3.49. The summed E-state index contributed by atoms with van der Waals surface area (Å²) in [5.74, 6) is -1.68. The van der Waals surface area contributed by atoms with E-state index in [1.807, 2.05) is 20.8 Å². The average Bonchev–Trinajstić information content (AvgIpc) is 3.18. The maximum atomic E-state index is 13.8. The van der Waals surface area contributed by atoms with Gasteiger partial charge in [0.15, 0.2) is 5.69 Å². The SMILES string of the molecule is CC(C)(C)NC(=O)[C@H](c1ccc(Cl)cc1)N(CCN1CCOCC1)C(=O)c1snc(C(N)=O)c1N. The van der Waals surface area contributed by atoms with Crippen molar-refractivity contribution in [2.75, 3.05) is 45.1 Å². The molecule has 35 heavy (non-hydrogen) atoms.